The maximum absolute atomic E-state index is 12.0. The van der Waals surface area contributed by atoms with Crippen molar-refractivity contribution in [2.45, 2.75) is 26.4 Å². The van der Waals surface area contributed by atoms with E-state index >= 15 is 0 Å². The van der Waals surface area contributed by atoms with Gasteiger partial charge in [-0.15, -0.1) is 0 Å². The van der Waals surface area contributed by atoms with Crippen molar-refractivity contribution in [3.05, 3.63) is 36.7 Å². The van der Waals surface area contributed by atoms with Crippen molar-refractivity contribution in [3.8, 4) is 11.5 Å². The van der Waals surface area contributed by atoms with E-state index in [0.717, 1.165) is 10.8 Å². The fourth-order valence-electron chi connectivity index (χ4n) is 3.06. The van der Waals surface area contributed by atoms with Crippen LogP contribution in [0.1, 0.15) is 20.8 Å². The Kier molecular flexibility index (Phi) is 4.65. The SMILES string of the molecule is CNc1ncc(-c2nc3cc(NC(=O)OC(C)(C)C)ccc3o2)c2cc(N)ncc12. The van der Waals surface area contributed by atoms with Gasteiger partial charge in [0.2, 0.25) is 5.89 Å². The van der Waals surface area contributed by atoms with Gasteiger partial charge < -0.3 is 20.2 Å². The summed E-state index contributed by atoms with van der Waals surface area (Å²) >= 11 is 0. The van der Waals surface area contributed by atoms with Crippen molar-refractivity contribution < 1.29 is 13.9 Å². The third-order valence-corrected chi connectivity index (χ3v) is 4.29. The number of nitrogens with two attached hydrogens (primary N) is 1. The van der Waals surface area contributed by atoms with Gasteiger partial charge in [-0.05, 0) is 45.0 Å². The van der Waals surface area contributed by atoms with Crippen LogP contribution in [0.4, 0.5) is 22.1 Å². The van der Waals surface area contributed by atoms with Gasteiger partial charge >= 0.3 is 6.09 Å². The fourth-order valence-corrected chi connectivity index (χ4v) is 3.06. The highest BCUT2D eigenvalue weighted by atomic mass is 16.6. The zero-order valence-electron chi connectivity index (χ0n) is 17.1. The Hall–Kier alpha value is -3.88. The van der Waals surface area contributed by atoms with Crippen molar-refractivity contribution in [1.82, 2.24) is 15.0 Å². The molecule has 0 saturated carbocycles. The predicted molar refractivity (Wildman–Crippen MR) is 116 cm³/mol. The molecule has 3 aromatic heterocycles. The van der Waals surface area contributed by atoms with Crippen LogP contribution in [-0.4, -0.2) is 33.7 Å². The van der Waals surface area contributed by atoms with E-state index in [1.54, 1.807) is 64.5 Å². The first-order valence-electron chi connectivity index (χ1n) is 9.36. The van der Waals surface area contributed by atoms with Gasteiger partial charge in [-0.3, -0.25) is 5.32 Å². The first-order chi connectivity index (χ1) is 14.2. The van der Waals surface area contributed by atoms with Gasteiger partial charge in [-0.1, -0.05) is 0 Å². The third-order valence-electron chi connectivity index (χ3n) is 4.29. The number of oxazole rings is 1. The van der Waals surface area contributed by atoms with Crippen LogP contribution in [0.2, 0.25) is 0 Å². The molecule has 4 aromatic rings. The number of hydrogen-bond acceptors (Lipinski definition) is 8. The normalized spacial score (nSPS) is 11.6. The fraction of sp³-hybridized carbons (Fsp3) is 0.238. The lowest BCUT2D eigenvalue weighted by Crippen LogP contribution is -2.27. The summed E-state index contributed by atoms with van der Waals surface area (Å²) in [6, 6.07) is 6.95. The Morgan fingerprint density at radius 3 is 2.67 bits per heavy atom. The zero-order chi connectivity index (χ0) is 21.5. The van der Waals surface area contributed by atoms with E-state index in [-0.39, 0.29) is 0 Å². The molecule has 0 radical (unpaired) electrons. The van der Waals surface area contributed by atoms with Gasteiger partial charge in [-0.25, -0.2) is 19.7 Å². The van der Waals surface area contributed by atoms with Gasteiger partial charge in [0.25, 0.3) is 0 Å². The van der Waals surface area contributed by atoms with E-state index in [1.807, 2.05) is 0 Å². The van der Waals surface area contributed by atoms with Crippen LogP contribution in [0.15, 0.2) is 41.1 Å². The number of rotatable bonds is 3. The zero-order valence-corrected chi connectivity index (χ0v) is 17.1. The van der Waals surface area contributed by atoms with Crippen LogP contribution < -0.4 is 16.4 Å². The number of fused-ring (bicyclic) bond motifs is 2. The molecule has 154 valence electrons. The van der Waals surface area contributed by atoms with Gasteiger partial charge in [0, 0.05) is 35.9 Å². The van der Waals surface area contributed by atoms with E-state index in [0.29, 0.717) is 39.9 Å². The summed E-state index contributed by atoms with van der Waals surface area (Å²) in [6.07, 6.45) is 2.81. The van der Waals surface area contributed by atoms with Crippen LogP contribution in [0, 0.1) is 0 Å². The van der Waals surface area contributed by atoms with Crippen molar-refractivity contribution in [1.29, 1.82) is 0 Å². The molecule has 0 fully saturated rings. The summed E-state index contributed by atoms with van der Waals surface area (Å²) in [5.74, 6) is 1.46. The number of carbonyl (C=O) groups is 1. The molecule has 0 spiro atoms. The monoisotopic (exact) mass is 406 g/mol. The Morgan fingerprint density at radius 2 is 1.93 bits per heavy atom. The largest absolute Gasteiger partial charge is 0.444 e. The average Bonchev–Trinajstić information content (AvgIpc) is 3.08. The predicted octanol–water partition coefficient (Wildman–Crippen LogP) is 4.41. The molecule has 9 heteroatoms. The summed E-state index contributed by atoms with van der Waals surface area (Å²) in [4.78, 5) is 25.2. The smallest absolute Gasteiger partial charge is 0.412 e. The van der Waals surface area contributed by atoms with Crippen LogP contribution in [0.3, 0.4) is 0 Å². The van der Waals surface area contributed by atoms with E-state index in [1.165, 1.54) is 0 Å². The maximum Gasteiger partial charge on any atom is 0.412 e. The Balaban J connectivity index is 1.73. The summed E-state index contributed by atoms with van der Waals surface area (Å²) in [7, 11) is 1.79. The molecular weight excluding hydrogens is 384 g/mol. The minimum Gasteiger partial charge on any atom is -0.444 e. The lowest BCUT2D eigenvalue weighted by Gasteiger charge is -2.19. The Labute approximate surface area is 172 Å². The van der Waals surface area contributed by atoms with Gasteiger partial charge in [0.1, 0.15) is 22.8 Å². The number of nitrogen functional groups attached to an aromatic ring is 1. The second-order valence-electron chi connectivity index (χ2n) is 7.75. The molecule has 4 rings (SSSR count). The molecule has 4 N–H and O–H groups in total. The highest BCUT2D eigenvalue weighted by Crippen LogP contribution is 2.33. The molecule has 0 aliphatic heterocycles. The molecule has 9 nitrogen and oxygen atoms in total. The van der Waals surface area contributed by atoms with E-state index in [9.17, 15) is 4.79 Å². The molecule has 30 heavy (non-hydrogen) atoms. The number of anilines is 3. The number of benzene rings is 1. The number of carbonyl (C=O) groups excluding carboxylic acids is 1. The summed E-state index contributed by atoms with van der Waals surface area (Å²) < 4.78 is 11.2. The van der Waals surface area contributed by atoms with Crippen molar-refractivity contribution in [2.75, 3.05) is 23.4 Å². The van der Waals surface area contributed by atoms with Gasteiger partial charge in [0.15, 0.2) is 5.58 Å². The van der Waals surface area contributed by atoms with Crippen LogP contribution in [0.5, 0.6) is 0 Å². The number of pyridine rings is 2. The topological polar surface area (TPSA) is 128 Å². The Bertz CT molecular complexity index is 1260. The highest BCUT2D eigenvalue weighted by Gasteiger charge is 2.18. The van der Waals surface area contributed by atoms with Crippen molar-refractivity contribution >= 4 is 45.3 Å². The highest BCUT2D eigenvalue weighted by molar-refractivity contribution is 6.01. The summed E-state index contributed by atoms with van der Waals surface area (Å²) in [5, 5.41) is 7.37. The molecular formula is C21H22N6O3. The minimum atomic E-state index is -0.584. The lowest BCUT2D eigenvalue weighted by atomic mass is 10.1. The number of amides is 1. The van der Waals surface area contributed by atoms with Crippen LogP contribution >= 0.6 is 0 Å². The molecule has 0 atom stereocenters. The van der Waals surface area contributed by atoms with E-state index in [2.05, 4.69) is 25.6 Å². The second kappa shape index (κ2) is 7.18. The Morgan fingerprint density at radius 1 is 1.13 bits per heavy atom. The molecule has 0 aliphatic rings. The first kappa shape index (κ1) is 19.4. The number of nitrogens with one attached hydrogen (secondary N) is 2. The van der Waals surface area contributed by atoms with Crippen LogP contribution in [-0.2, 0) is 4.74 Å². The summed E-state index contributed by atoms with van der Waals surface area (Å²) in [6.45, 7) is 5.42. The molecule has 0 unspecified atom stereocenters. The third kappa shape index (κ3) is 3.82. The second-order valence-corrected chi connectivity index (χ2v) is 7.75. The number of nitrogens with zero attached hydrogens (tertiary/aromatic N) is 3. The average molecular weight is 406 g/mol. The molecule has 1 aromatic carbocycles. The first-order valence-corrected chi connectivity index (χ1v) is 9.36. The van der Waals surface area contributed by atoms with Crippen LogP contribution in [0.25, 0.3) is 33.3 Å². The molecule has 1 amide bonds. The lowest BCUT2D eigenvalue weighted by molar-refractivity contribution is 0.0636. The maximum atomic E-state index is 12.0. The number of aromatic nitrogens is 3. The minimum absolute atomic E-state index is 0.386. The molecule has 0 bridgehead atoms. The molecule has 3 heterocycles. The quantitative estimate of drug-likeness (QED) is 0.456. The molecule has 0 aliphatic carbocycles. The van der Waals surface area contributed by atoms with Crippen molar-refractivity contribution in [2.24, 2.45) is 0 Å². The standard InChI is InChI=1S/C21H22N6O3/c1-21(2,3)30-20(28)26-11-5-6-16-15(7-11)27-19(29-16)14-10-25-18(23-4)13-9-24-17(22)8-12(13)14/h5-10H,1-4H3,(H2,22,24)(H,23,25)(H,26,28). The number of ether oxygens (including phenoxy) is 1. The van der Waals surface area contributed by atoms with Gasteiger partial charge in [0.05, 0.1) is 5.56 Å². The molecule has 0 saturated heterocycles. The summed E-state index contributed by atoms with van der Waals surface area (Å²) in [5.41, 5.74) is 7.72. The van der Waals surface area contributed by atoms with E-state index in [4.69, 9.17) is 14.9 Å². The van der Waals surface area contributed by atoms with Crippen molar-refractivity contribution in [3.63, 3.8) is 0 Å². The number of hydrogen-bond donors (Lipinski definition) is 3. The van der Waals surface area contributed by atoms with E-state index < -0.39 is 11.7 Å². The van der Waals surface area contributed by atoms with Gasteiger partial charge in [-0.2, -0.15) is 0 Å².